The minimum Gasteiger partial charge on any atom is -0.479 e. The van der Waals surface area contributed by atoms with Crippen molar-refractivity contribution >= 4 is 17.6 Å². The van der Waals surface area contributed by atoms with Gasteiger partial charge in [0.2, 0.25) is 0 Å². The average molecular weight is 371 g/mol. The van der Waals surface area contributed by atoms with Crippen LogP contribution in [-0.4, -0.2) is 38.3 Å². The fraction of sp³-hybridized carbons (Fsp3) is 0.333. The van der Waals surface area contributed by atoms with Gasteiger partial charge in [0.05, 0.1) is 6.61 Å². The predicted molar refractivity (Wildman–Crippen MR) is 103 cm³/mol. The molecule has 0 fully saturated rings. The van der Waals surface area contributed by atoms with E-state index in [1.807, 2.05) is 32.0 Å². The van der Waals surface area contributed by atoms with Crippen LogP contribution in [0.3, 0.4) is 0 Å². The van der Waals surface area contributed by atoms with Gasteiger partial charge >= 0.3 is 5.97 Å². The Kier molecular flexibility index (Phi) is 7.37. The van der Waals surface area contributed by atoms with Crippen molar-refractivity contribution in [3.63, 3.8) is 0 Å². The lowest BCUT2D eigenvalue weighted by atomic mass is 10.1. The van der Waals surface area contributed by atoms with Gasteiger partial charge in [-0.3, -0.25) is 4.79 Å². The van der Waals surface area contributed by atoms with Gasteiger partial charge in [0.25, 0.3) is 5.91 Å². The molecule has 1 amide bonds. The van der Waals surface area contributed by atoms with E-state index in [-0.39, 0.29) is 12.5 Å². The van der Waals surface area contributed by atoms with Crippen LogP contribution >= 0.6 is 0 Å². The molecular formula is C21H25NO5. The van der Waals surface area contributed by atoms with Gasteiger partial charge < -0.3 is 19.5 Å². The van der Waals surface area contributed by atoms with Crippen molar-refractivity contribution in [2.75, 3.05) is 25.6 Å². The number of carbonyl (C=O) groups excluding carboxylic acids is 2. The third kappa shape index (κ3) is 5.82. The van der Waals surface area contributed by atoms with Crippen LogP contribution in [-0.2, 0) is 14.3 Å². The zero-order chi connectivity index (χ0) is 19.8. The van der Waals surface area contributed by atoms with Crippen molar-refractivity contribution < 1.29 is 23.8 Å². The van der Waals surface area contributed by atoms with E-state index in [4.69, 9.17) is 14.2 Å². The molecule has 0 unspecified atom stereocenters. The highest BCUT2D eigenvalue weighted by Crippen LogP contribution is 2.20. The first kappa shape index (κ1) is 20.5. The number of methoxy groups -OCH3 is 1. The number of benzene rings is 2. The summed E-state index contributed by atoms with van der Waals surface area (Å²) in [6.07, 6.45) is -0.753. The van der Waals surface area contributed by atoms with E-state index >= 15 is 0 Å². The van der Waals surface area contributed by atoms with Gasteiger partial charge in [0.1, 0.15) is 12.4 Å². The largest absolute Gasteiger partial charge is 0.479 e. The van der Waals surface area contributed by atoms with E-state index in [1.54, 1.807) is 31.2 Å². The highest BCUT2D eigenvalue weighted by Gasteiger charge is 2.16. The van der Waals surface area contributed by atoms with E-state index in [0.29, 0.717) is 17.9 Å². The van der Waals surface area contributed by atoms with Crippen LogP contribution in [0.4, 0.5) is 5.69 Å². The van der Waals surface area contributed by atoms with Crippen molar-refractivity contribution in [1.82, 2.24) is 0 Å². The minimum atomic E-state index is -0.753. The first-order valence-corrected chi connectivity index (χ1v) is 8.72. The number of aryl methyl sites for hydroxylation is 1. The minimum absolute atomic E-state index is 0.181. The molecule has 0 spiro atoms. The summed E-state index contributed by atoms with van der Waals surface area (Å²) in [6.45, 7) is 6.09. The third-order valence-electron chi connectivity index (χ3n) is 4.15. The quantitative estimate of drug-likeness (QED) is 0.568. The Morgan fingerprint density at radius 2 is 1.74 bits per heavy atom. The maximum absolute atomic E-state index is 12.4. The number of anilines is 1. The number of ether oxygens (including phenoxy) is 3. The van der Waals surface area contributed by atoms with Crippen LogP contribution in [0.1, 0.15) is 28.4 Å². The molecule has 1 atom stereocenters. The molecule has 1 N–H and O–H groups in total. The SMILES string of the molecule is COCCOC(=O)[C@H](C)Oc1ccc(C(=O)Nc2cccc(C)c2C)cc1. The summed E-state index contributed by atoms with van der Waals surface area (Å²) >= 11 is 0. The van der Waals surface area contributed by atoms with Gasteiger partial charge in [-0.25, -0.2) is 4.79 Å². The van der Waals surface area contributed by atoms with E-state index in [1.165, 1.54) is 7.11 Å². The van der Waals surface area contributed by atoms with Gasteiger partial charge in [0, 0.05) is 18.4 Å². The topological polar surface area (TPSA) is 73.9 Å². The molecule has 144 valence electrons. The average Bonchev–Trinajstić information content (AvgIpc) is 2.66. The number of rotatable bonds is 8. The lowest BCUT2D eigenvalue weighted by Gasteiger charge is -2.14. The van der Waals surface area contributed by atoms with Crippen molar-refractivity contribution in [2.24, 2.45) is 0 Å². The Labute approximate surface area is 159 Å². The molecule has 0 aromatic heterocycles. The molecule has 6 heteroatoms. The second-order valence-electron chi connectivity index (χ2n) is 6.15. The number of esters is 1. The van der Waals surface area contributed by atoms with E-state index in [9.17, 15) is 9.59 Å². The summed E-state index contributed by atoms with van der Waals surface area (Å²) < 4.78 is 15.4. The zero-order valence-corrected chi connectivity index (χ0v) is 16.1. The molecule has 0 saturated carbocycles. The molecule has 0 radical (unpaired) electrons. The van der Waals surface area contributed by atoms with Crippen LogP contribution in [0.5, 0.6) is 5.75 Å². The molecule has 2 rings (SSSR count). The second-order valence-corrected chi connectivity index (χ2v) is 6.15. The van der Waals surface area contributed by atoms with Crippen molar-refractivity contribution in [3.8, 4) is 5.75 Å². The number of amides is 1. The molecule has 2 aromatic carbocycles. The summed E-state index contributed by atoms with van der Waals surface area (Å²) in [6, 6.07) is 12.4. The smallest absolute Gasteiger partial charge is 0.347 e. The monoisotopic (exact) mass is 371 g/mol. The van der Waals surface area contributed by atoms with Crippen LogP contribution in [0.25, 0.3) is 0 Å². The molecule has 0 saturated heterocycles. The van der Waals surface area contributed by atoms with Crippen molar-refractivity contribution in [2.45, 2.75) is 26.9 Å². The fourth-order valence-electron chi connectivity index (χ4n) is 2.36. The first-order valence-electron chi connectivity index (χ1n) is 8.72. The molecule has 0 heterocycles. The summed E-state index contributed by atoms with van der Waals surface area (Å²) in [7, 11) is 1.53. The zero-order valence-electron chi connectivity index (χ0n) is 16.1. The lowest BCUT2D eigenvalue weighted by molar-refractivity contribution is -0.152. The Bertz CT molecular complexity index is 786. The molecular weight excluding hydrogens is 346 g/mol. The summed E-state index contributed by atoms with van der Waals surface area (Å²) in [4.78, 5) is 24.2. The normalized spacial score (nSPS) is 11.6. The Hall–Kier alpha value is -2.86. The van der Waals surface area contributed by atoms with Crippen molar-refractivity contribution in [3.05, 3.63) is 59.2 Å². The summed E-state index contributed by atoms with van der Waals surface area (Å²) in [5, 5.41) is 2.91. The lowest BCUT2D eigenvalue weighted by Crippen LogP contribution is -2.27. The van der Waals surface area contributed by atoms with Crippen LogP contribution in [0.15, 0.2) is 42.5 Å². The molecule has 27 heavy (non-hydrogen) atoms. The highest BCUT2D eigenvalue weighted by molar-refractivity contribution is 6.04. The van der Waals surface area contributed by atoms with Crippen LogP contribution < -0.4 is 10.1 Å². The van der Waals surface area contributed by atoms with Gasteiger partial charge in [-0.05, 0) is 62.2 Å². The molecule has 2 aromatic rings. The fourth-order valence-corrected chi connectivity index (χ4v) is 2.36. The van der Waals surface area contributed by atoms with E-state index < -0.39 is 12.1 Å². The predicted octanol–water partition coefficient (Wildman–Crippen LogP) is 3.51. The van der Waals surface area contributed by atoms with Crippen LogP contribution in [0.2, 0.25) is 0 Å². The Morgan fingerprint density at radius 3 is 2.41 bits per heavy atom. The highest BCUT2D eigenvalue weighted by atomic mass is 16.6. The first-order chi connectivity index (χ1) is 12.9. The Morgan fingerprint density at radius 1 is 1.04 bits per heavy atom. The number of hydrogen-bond donors (Lipinski definition) is 1. The third-order valence-corrected chi connectivity index (χ3v) is 4.15. The van der Waals surface area contributed by atoms with Gasteiger partial charge in [0.15, 0.2) is 6.10 Å². The maximum atomic E-state index is 12.4. The summed E-state index contributed by atoms with van der Waals surface area (Å²) in [5.41, 5.74) is 3.43. The van der Waals surface area contributed by atoms with Gasteiger partial charge in [-0.1, -0.05) is 12.1 Å². The van der Waals surface area contributed by atoms with Gasteiger partial charge in [-0.15, -0.1) is 0 Å². The summed E-state index contributed by atoms with van der Waals surface area (Å²) in [5.74, 6) is -0.194. The molecule has 0 bridgehead atoms. The maximum Gasteiger partial charge on any atom is 0.347 e. The Balaban J connectivity index is 1.95. The van der Waals surface area contributed by atoms with Gasteiger partial charge in [-0.2, -0.15) is 0 Å². The second kappa shape index (κ2) is 9.73. The molecule has 0 aliphatic carbocycles. The van der Waals surface area contributed by atoms with Crippen LogP contribution in [0, 0.1) is 13.8 Å². The number of nitrogens with one attached hydrogen (secondary N) is 1. The number of carbonyl (C=O) groups is 2. The number of hydrogen-bond acceptors (Lipinski definition) is 5. The van der Waals surface area contributed by atoms with E-state index in [2.05, 4.69) is 5.32 Å². The molecule has 0 aliphatic heterocycles. The van der Waals surface area contributed by atoms with E-state index in [0.717, 1.165) is 16.8 Å². The van der Waals surface area contributed by atoms with Crippen molar-refractivity contribution in [1.29, 1.82) is 0 Å². The molecule has 0 aliphatic rings. The molecule has 6 nitrogen and oxygen atoms in total. The standard InChI is InChI=1S/C21H25NO5/c1-14-6-5-7-19(15(14)2)22-20(23)17-8-10-18(11-9-17)27-16(3)21(24)26-13-12-25-4/h5-11,16H,12-13H2,1-4H3,(H,22,23)/t16-/m0/s1.